The van der Waals surface area contributed by atoms with E-state index in [1.54, 1.807) is 0 Å². The van der Waals surface area contributed by atoms with Gasteiger partial charge in [0.25, 0.3) is 5.91 Å². The Hall–Kier alpha value is -2.00. The molecular formula is C14H17FN2O5S. The van der Waals surface area contributed by atoms with Crippen molar-refractivity contribution in [1.29, 1.82) is 0 Å². The molecule has 1 aromatic carbocycles. The SMILES string of the molecule is NS(=O)(=O)c1ccc(F)c(C(=O)OCC(=O)NC2CCCC2)c1. The van der Waals surface area contributed by atoms with Gasteiger partial charge in [-0.3, -0.25) is 4.79 Å². The molecule has 126 valence electrons. The van der Waals surface area contributed by atoms with E-state index in [4.69, 9.17) is 9.88 Å². The van der Waals surface area contributed by atoms with Crippen LogP contribution in [0.2, 0.25) is 0 Å². The fourth-order valence-electron chi connectivity index (χ4n) is 2.39. The average molecular weight is 344 g/mol. The summed E-state index contributed by atoms with van der Waals surface area (Å²) in [5, 5.41) is 7.63. The minimum absolute atomic E-state index is 0.0728. The topological polar surface area (TPSA) is 116 Å². The number of amides is 1. The molecule has 23 heavy (non-hydrogen) atoms. The van der Waals surface area contributed by atoms with Crippen LogP contribution >= 0.6 is 0 Å². The van der Waals surface area contributed by atoms with Crippen molar-refractivity contribution in [2.45, 2.75) is 36.6 Å². The first-order valence-corrected chi connectivity index (χ1v) is 8.61. The van der Waals surface area contributed by atoms with E-state index in [2.05, 4.69) is 5.32 Å². The fraction of sp³-hybridized carbons (Fsp3) is 0.429. The number of carbonyl (C=O) groups is 2. The maximum Gasteiger partial charge on any atom is 0.341 e. The predicted molar refractivity (Wildman–Crippen MR) is 78.5 cm³/mol. The number of hydrogen-bond acceptors (Lipinski definition) is 5. The van der Waals surface area contributed by atoms with Crippen LogP contribution in [0.15, 0.2) is 23.1 Å². The molecule has 0 unspecified atom stereocenters. The summed E-state index contributed by atoms with van der Waals surface area (Å²) < 4.78 is 40.8. The summed E-state index contributed by atoms with van der Waals surface area (Å²) in [5.74, 6) is -2.57. The van der Waals surface area contributed by atoms with Gasteiger partial charge < -0.3 is 10.1 Å². The largest absolute Gasteiger partial charge is 0.452 e. The summed E-state index contributed by atoms with van der Waals surface area (Å²) in [7, 11) is -4.08. The van der Waals surface area contributed by atoms with Gasteiger partial charge in [0.15, 0.2) is 6.61 Å². The van der Waals surface area contributed by atoms with Crippen LogP contribution in [0, 0.1) is 5.82 Å². The van der Waals surface area contributed by atoms with Gasteiger partial charge in [-0.25, -0.2) is 22.7 Å². The Morgan fingerprint density at radius 3 is 2.57 bits per heavy atom. The molecular weight excluding hydrogens is 327 g/mol. The van der Waals surface area contributed by atoms with Crippen molar-refractivity contribution in [1.82, 2.24) is 5.32 Å². The van der Waals surface area contributed by atoms with Gasteiger partial charge in [-0.05, 0) is 31.0 Å². The second-order valence-electron chi connectivity index (χ2n) is 5.31. The average Bonchev–Trinajstić information content (AvgIpc) is 2.97. The molecule has 0 atom stereocenters. The normalized spacial score (nSPS) is 15.4. The Bertz CT molecular complexity index is 714. The molecule has 7 nitrogen and oxygen atoms in total. The third-order valence-electron chi connectivity index (χ3n) is 3.54. The number of rotatable bonds is 5. The van der Waals surface area contributed by atoms with Gasteiger partial charge in [-0.1, -0.05) is 12.8 Å². The number of halogens is 1. The minimum Gasteiger partial charge on any atom is -0.452 e. The molecule has 9 heteroatoms. The number of sulfonamides is 1. The van der Waals surface area contributed by atoms with Crippen molar-refractivity contribution in [3.63, 3.8) is 0 Å². The van der Waals surface area contributed by atoms with Gasteiger partial charge in [0.05, 0.1) is 10.5 Å². The first-order valence-electron chi connectivity index (χ1n) is 7.06. The molecule has 3 N–H and O–H groups in total. The Labute approximate surface area is 133 Å². The number of hydrogen-bond donors (Lipinski definition) is 2. The summed E-state index contributed by atoms with van der Waals surface area (Å²) in [6, 6.07) is 2.59. The molecule has 2 rings (SSSR count). The molecule has 0 spiro atoms. The highest BCUT2D eigenvalue weighted by Gasteiger charge is 2.21. The third-order valence-corrected chi connectivity index (χ3v) is 4.45. The van der Waals surface area contributed by atoms with Gasteiger partial charge in [-0.15, -0.1) is 0 Å². The van der Waals surface area contributed by atoms with Gasteiger partial charge in [0, 0.05) is 6.04 Å². The highest BCUT2D eigenvalue weighted by Crippen LogP contribution is 2.18. The van der Waals surface area contributed by atoms with Crippen LogP contribution in [0.1, 0.15) is 36.0 Å². The maximum atomic E-state index is 13.6. The number of ether oxygens (including phenoxy) is 1. The van der Waals surface area contributed by atoms with E-state index in [9.17, 15) is 22.4 Å². The van der Waals surface area contributed by atoms with E-state index in [0.29, 0.717) is 0 Å². The zero-order valence-electron chi connectivity index (χ0n) is 12.2. The molecule has 1 saturated carbocycles. The molecule has 0 radical (unpaired) electrons. The molecule has 0 bridgehead atoms. The Morgan fingerprint density at radius 1 is 1.30 bits per heavy atom. The summed E-state index contributed by atoms with van der Waals surface area (Å²) in [6.45, 7) is -0.561. The highest BCUT2D eigenvalue weighted by molar-refractivity contribution is 7.89. The standard InChI is InChI=1S/C14H17FN2O5S/c15-12-6-5-10(23(16,20)21)7-11(12)14(19)22-8-13(18)17-9-3-1-2-4-9/h5-7,9H,1-4,8H2,(H,17,18)(H2,16,20,21). The van der Waals surface area contributed by atoms with Crippen LogP contribution in [0.3, 0.4) is 0 Å². The zero-order chi connectivity index (χ0) is 17.0. The first-order chi connectivity index (χ1) is 10.8. The van der Waals surface area contributed by atoms with Gasteiger partial charge >= 0.3 is 5.97 Å². The summed E-state index contributed by atoms with van der Waals surface area (Å²) in [5.41, 5.74) is -0.592. The van der Waals surface area contributed by atoms with Crippen molar-refractivity contribution in [2.75, 3.05) is 6.61 Å². The van der Waals surface area contributed by atoms with E-state index in [1.807, 2.05) is 0 Å². The second kappa shape index (κ2) is 7.05. The van der Waals surface area contributed by atoms with Crippen LogP contribution in [0.25, 0.3) is 0 Å². The van der Waals surface area contributed by atoms with Crippen LogP contribution < -0.4 is 10.5 Å². The van der Waals surface area contributed by atoms with Crippen molar-refractivity contribution in [2.24, 2.45) is 5.14 Å². The lowest BCUT2D eigenvalue weighted by Gasteiger charge is -2.12. The highest BCUT2D eigenvalue weighted by atomic mass is 32.2. The van der Waals surface area contributed by atoms with E-state index >= 15 is 0 Å². The molecule has 1 aliphatic carbocycles. The second-order valence-corrected chi connectivity index (χ2v) is 6.87. The van der Waals surface area contributed by atoms with E-state index in [-0.39, 0.29) is 6.04 Å². The monoisotopic (exact) mass is 344 g/mol. The van der Waals surface area contributed by atoms with Crippen LogP contribution in [0.4, 0.5) is 4.39 Å². The fourth-order valence-corrected chi connectivity index (χ4v) is 2.93. The molecule has 0 aliphatic heterocycles. The van der Waals surface area contributed by atoms with E-state index < -0.39 is 44.8 Å². The van der Waals surface area contributed by atoms with Crippen LogP contribution in [0.5, 0.6) is 0 Å². The third kappa shape index (κ3) is 4.73. The van der Waals surface area contributed by atoms with Gasteiger partial charge in [0.1, 0.15) is 5.82 Å². The molecule has 1 aromatic rings. The van der Waals surface area contributed by atoms with Crippen molar-refractivity contribution >= 4 is 21.9 Å². The first kappa shape index (κ1) is 17.4. The lowest BCUT2D eigenvalue weighted by atomic mass is 10.2. The smallest absolute Gasteiger partial charge is 0.341 e. The minimum atomic E-state index is -4.08. The van der Waals surface area contributed by atoms with Gasteiger partial charge in [0.2, 0.25) is 10.0 Å². The van der Waals surface area contributed by atoms with Crippen LogP contribution in [-0.2, 0) is 19.6 Å². The number of carbonyl (C=O) groups excluding carboxylic acids is 2. The Morgan fingerprint density at radius 2 is 1.96 bits per heavy atom. The summed E-state index contributed by atoms with van der Waals surface area (Å²) in [6.07, 6.45) is 3.84. The molecule has 1 fully saturated rings. The lowest BCUT2D eigenvalue weighted by Crippen LogP contribution is -2.36. The quantitative estimate of drug-likeness (QED) is 0.763. The van der Waals surface area contributed by atoms with Crippen molar-refractivity contribution in [3.8, 4) is 0 Å². The lowest BCUT2D eigenvalue weighted by molar-refractivity contribution is -0.124. The molecule has 0 saturated heterocycles. The number of nitrogens with one attached hydrogen (secondary N) is 1. The number of nitrogens with two attached hydrogens (primary N) is 1. The Kier molecular flexibility index (Phi) is 5.32. The Balaban J connectivity index is 1.98. The summed E-state index contributed by atoms with van der Waals surface area (Å²) >= 11 is 0. The predicted octanol–water partition coefficient (Wildman–Crippen LogP) is 0.689. The maximum absolute atomic E-state index is 13.6. The zero-order valence-corrected chi connectivity index (χ0v) is 13.1. The van der Waals surface area contributed by atoms with E-state index in [0.717, 1.165) is 43.9 Å². The van der Waals surface area contributed by atoms with Crippen LogP contribution in [-0.4, -0.2) is 32.9 Å². The molecule has 0 aromatic heterocycles. The summed E-state index contributed by atoms with van der Waals surface area (Å²) in [4.78, 5) is 23.0. The number of primary sulfonamides is 1. The number of benzene rings is 1. The molecule has 1 amide bonds. The van der Waals surface area contributed by atoms with Crippen molar-refractivity contribution < 1.29 is 27.1 Å². The van der Waals surface area contributed by atoms with E-state index in [1.165, 1.54) is 0 Å². The molecule has 0 heterocycles. The van der Waals surface area contributed by atoms with Gasteiger partial charge in [-0.2, -0.15) is 0 Å². The van der Waals surface area contributed by atoms with Crippen molar-refractivity contribution in [3.05, 3.63) is 29.6 Å². The molecule has 1 aliphatic rings. The number of esters is 1.